The largest absolute Gasteiger partial charge is 0.298 e. The number of hydrogen-bond donors (Lipinski definition) is 0. The van der Waals surface area contributed by atoms with Gasteiger partial charge in [-0.25, -0.2) is 0 Å². The fraction of sp³-hybridized carbons (Fsp3) is 0.417. The molecule has 2 rings (SSSR count). The monoisotopic (exact) mass is 256 g/mol. The van der Waals surface area contributed by atoms with Crippen molar-refractivity contribution in [1.82, 2.24) is 0 Å². The van der Waals surface area contributed by atoms with Gasteiger partial charge in [0.25, 0.3) is 0 Å². The average Bonchev–Trinajstić information content (AvgIpc) is 2.30. The highest BCUT2D eigenvalue weighted by atomic mass is 35.5. The Kier molecular flexibility index (Phi) is 3.77. The fourth-order valence-corrected chi connectivity index (χ4v) is 3.51. The fourth-order valence-electron chi connectivity index (χ4n) is 1.91. The van der Waals surface area contributed by atoms with Gasteiger partial charge in [0.1, 0.15) is 5.78 Å². The smallest absolute Gasteiger partial charge is 0.148 e. The van der Waals surface area contributed by atoms with Crippen molar-refractivity contribution in [3.63, 3.8) is 0 Å². The SMILES string of the molecule is O=C1CCCCC1S(=O)c1ccc(Cl)cc1. The van der Waals surface area contributed by atoms with Crippen LogP contribution < -0.4 is 0 Å². The van der Waals surface area contributed by atoms with Crippen LogP contribution >= 0.6 is 11.6 Å². The summed E-state index contributed by atoms with van der Waals surface area (Å²) in [5.74, 6) is 0.138. The minimum absolute atomic E-state index is 0.138. The molecule has 2 atom stereocenters. The van der Waals surface area contributed by atoms with Gasteiger partial charge in [-0.3, -0.25) is 9.00 Å². The van der Waals surface area contributed by atoms with Crippen molar-refractivity contribution in [3.05, 3.63) is 29.3 Å². The summed E-state index contributed by atoms with van der Waals surface area (Å²) in [6, 6.07) is 6.89. The summed E-state index contributed by atoms with van der Waals surface area (Å²) in [5.41, 5.74) is 0. The van der Waals surface area contributed by atoms with Crippen molar-refractivity contribution in [1.29, 1.82) is 0 Å². The van der Waals surface area contributed by atoms with Crippen LogP contribution in [0.15, 0.2) is 29.2 Å². The van der Waals surface area contributed by atoms with E-state index in [1.54, 1.807) is 24.3 Å². The average molecular weight is 257 g/mol. The van der Waals surface area contributed by atoms with Gasteiger partial charge >= 0.3 is 0 Å². The number of carbonyl (C=O) groups is 1. The van der Waals surface area contributed by atoms with Crippen LogP contribution in [0.25, 0.3) is 0 Å². The van der Waals surface area contributed by atoms with E-state index in [1.165, 1.54) is 0 Å². The van der Waals surface area contributed by atoms with Gasteiger partial charge in [0, 0.05) is 16.3 Å². The van der Waals surface area contributed by atoms with Crippen LogP contribution in [-0.2, 0) is 15.6 Å². The van der Waals surface area contributed by atoms with Crippen LogP contribution in [0.1, 0.15) is 25.7 Å². The highest BCUT2D eigenvalue weighted by Gasteiger charge is 2.28. The number of Topliss-reactive ketones (excluding diaryl/α,β-unsaturated/α-hetero) is 1. The number of hydrogen-bond acceptors (Lipinski definition) is 2. The van der Waals surface area contributed by atoms with E-state index in [4.69, 9.17) is 11.6 Å². The Hall–Kier alpha value is -0.670. The second-order valence-corrected chi connectivity index (χ2v) is 6.02. The zero-order chi connectivity index (χ0) is 11.5. The van der Waals surface area contributed by atoms with Gasteiger partial charge in [0.15, 0.2) is 0 Å². The van der Waals surface area contributed by atoms with E-state index >= 15 is 0 Å². The normalized spacial score (nSPS) is 23.1. The molecule has 16 heavy (non-hydrogen) atoms. The van der Waals surface area contributed by atoms with Crippen LogP contribution in [0, 0.1) is 0 Å². The lowest BCUT2D eigenvalue weighted by atomic mass is 9.99. The Morgan fingerprint density at radius 3 is 2.50 bits per heavy atom. The Morgan fingerprint density at radius 2 is 1.88 bits per heavy atom. The molecule has 0 aromatic heterocycles. The molecule has 0 spiro atoms. The lowest BCUT2D eigenvalue weighted by molar-refractivity contribution is -0.119. The maximum atomic E-state index is 12.2. The van der Waals surface area contributed by atoms with Gasteiger partial charge in [-0.15, -0.1) is 0 Å². The molecular formula is C12H13ClO2S. The van der Waals surface area contributed by atoms with Gasteiger partial charge in [0.2, 0.25) is 0 Å². The van der Waals surface area contributed by atoms with E-state index in [0.29, 0.717) is 16.3 Å². The second-order valence-electron chi connectivity index (χ2n) is 3.95. The number of halogens is 1. The molecule has 0 heterocycles. The first kappa shape index (κ1) is 11.8. The number of carbonyl (C=O) groups excluding carboxylic acids is 1. The molecule has 4 heteroatoms. The first-order valence-corrected chi connectivity index (χ1v) is 6.96. The highest BCUT2D eigenvalue weighted by molar-refractivity contribution is 7.86. The van der Waals surface area contributed by atoms with Crippen molar-refractivity contribution in [2.24, 2.45) is 0 Å². The second kappa shape index (κ2) is 5.11. The molecule has 1 aliphatic rings. The maximum absolute atomic E-state index is 12.2. The van der Waals surface area contributed by atoms with Gasteiger partial charge in [-0.1, -0.05) is 18.0 Å². The summed E-state index contributed by atoms with van der Waals surface area (Å²) in [6.07, 6.45) is 3.25. The highest BCUT2D eigenvalue weighted by Crippen LogP contribution is 2.24. The first-order chi connectivity index (χ1) is 7.68. The quantitative estimate of drug-likeness (QED) is 0.815. The number of benzene rings is 1. The van der Waals surface area contributed by atoms with E-state index in [2.05, 4.69) is 0 Å². The first-order valence-electron chi connectivity index (χ1n) is 5.37. The van der Waals surface area contributed by atoms with Crippen molar-refractivity contribution in [2.45, 2.75) is 35.8 Å². The molecule has 1 aliphatic carbocycles. The molecule has 1 aromatic rings. The van der Waals surface area contributed by atoms with E-state index in [1.807, 2.05) is 0 Å². The Morgan fingerprint density at radius 1 is 1.19 bits per heavy atom. The number of rotatable bonds is 2. The molecule has 0 amide bonds. The van der Waals surface area contributed by atoms with E-state index in [9.17, 15) is 9.00 Å². The molecule has 0 N–H and O–H groups in total. The lowest BCUT2D eigenvalue weighted by Gasteiger charge is -2.19. The molecular weight excluding hydrogens is 244 g/mol. The third-order valence-corrected chi connectivity index (χ3v) is 4.81. The van der Waals surface area contributed by atoms with Gasteiger partial charge in [-0.2, -0.15) is 0 Å². The zero-order valence-corrected chi connectivity index (χ0v) is 10.4. The molecule has 2 nitrogen and oxygen atoms in total. The van der Waals surface area contributed by atoms with Crippen molar-refractivity contribution in [2.75, 3.05) is 0 Å². The summed E-state index contributed by atoms with van der Waals surface area (Å²) in [5, 5.41) is 0.311. The van der Waals surface area contributed by atoms with Gasteiger partial charge in [-0.05, 0) is 37.1 Å². The minimum Gasteiger partial charge on any atom is -0.298 e. The summed E-state index contributed by atoms with van der Waals surface area (Å²) in [4.78, 5) is 12.4. The van der Waals surface area contributed by atoms with Crippen LogP contribution in [0.5, 0.6) is 0 Å². The molecule has 1 saturated carbocycles. The van der Waals surface area contributed by atoms with Crippen molar-refractivity contribution >= 4 is 28.2 Å². The van der Waals surface area contributed by atoms with Crippen LogP contribution in [0.4, 0.5) is 0 Å². The van der Waals surface area contributed by atoms with E-state index in [-0.39, 0.29) is 11.0 Å². The van der Waals surface area contributed by atoms with Crippen LogP contribution in [0.3, 0.4) is 0 Å². The molecule has 0 radical (unpaired) electrons. The maximum Gasteiger partial charge on any atom is 0.148 e. The third kappa shape index (κ3) is 2.53. The topological polar surface area (TPSA) is 34.1 Å². The molecule has 1 aromatic carbocycles. The van der Waals surface area contributed by atoms with Crippen LogP contribution in [0.2, 0.25) is 5.02 Å². The standard InChI is InChI=1S/C12H13ClO2S/c13-9-5-7-10(8-6-9)16(15)12-4-2-1-3-11(12)14/h5-8,12H,1-4H2. The Balaban J connectivity index is 2.17. The minimum atomic E-state index is -1.22. The van der Waals surface area contributed by atoms with Gasteiger partial charge < -0.3 is 0 Å². The Bertz CT molecular complexity index is 414. The predicted molar refractivity (Wildman–Crippen MR) is 65.1 cm³/mol. The van der Waals surface area contributed by atoms with Crippen molar-refractivity contribution < 1.29 is 9.00 Å². The van der Waals surface area contributed by atoms with Crippen molar-refractivity contribution in [3.8, 4) is 0 Å². The molecule has 0 bridgehead atoms. The summed E-state index contributed by atoms with van der Waals surface area (Å²) >= 11 is 5.76. The van der Waals surface area contributed by atoms with E-state index < -0.39 is 10.8 Å². The summed E-state index contributed by atoms with van der Waals surface area (Å²) < 4.78 is 12.2. The van der Waals surface area contributed by atoms with E-state index in [0.717, 1.165) is 19.3 Å². The molecule has 86 valence electrons. The molecule has 0 saturated heterocycles. The summed E-state index contributed by atoms with van der Waals surface area (Å²) in [6.45, 7) is 0. The molecule has 2 unspecified atom stereocenters. The molecule has 0 aliphatic heterocycles. The van der Waals surface area contributed by atoms with Crippen LogP contribution in [-0.4, -0.2) is 15.2 Å². The summed E-state index contributed by atoms with van der Waals surface area (Å²) in [7, 11) is -1.22. The lowest BCUT2D eigenvalue weighted by Crippen LogP contribution is -2.29. The number of ketones is 1. The van der Waals surface area contributed by atoms with Gasteiger partial charge in [0.05, 0.1) is 16.0 Å². The zero-order valence-electron chi connectivity index (χ0n) is 8.82. The third-order valence-electron chi connectivity index (χ3n) is 2.80. The molecule has 1 fully saturated rings. The predicted octanol–water partition coefficient (Wildman–Crippen LogP) is 2.96. The Labute approximate surface area is 102 Å².